The summed E-state index contributed by atoms with van der Waals surface area (Å²) in [6, 6.07) is 8.01. The molecule has 0 bridgehead atoms. The van der Waals surface area contributed by atoms with Gasteiger partial charge in [-0.3, -0.25) is 9.25 Å². The molecule has 5 aromatic rings. The van der Waals surface area contributed by atoms with E-state index in [4.69, 9.17) is 14.7 Å². The minimum atomic E-state index is 0.510. The molecule has 0 aromatic carbocycles. The molecule has 8 heteroatoms. The van der Waals surface area contributed by atoms with Gasteiger partial charge in [0, 0.05) is 30.7 Å². The number of aromatic nitrogens is 6. The van der Waals surface area contributed by atoms with Crippen molar-refractivity contribution in [3.8, 4) is 23.3 Å². The zero-order valence-electron chi connectivity index (χ0n) is 15.3. The summed E-state index contributed by atoms with van der Waals surface area (Å²) in [7, 11) is 0. The normalized spacial score (nSPS) is 11.4. The lowest BCUT2D eigenvalue weighted by atomic mass is 10.3. The number of H-pyrrole nitrogens is 1. The molecule has 0 saturated heterocycles. The molecule has 0 aliphatic carbocycles. The van der Waals surface area contributed by atoms with Crippen LogP contribution in [0.25, 0.3) is 39.3 Å². The van der Waals surface area contributed by atoms with Crippen LogP contribution in [-0.2, 0) is 6.54 Å². The third kappa shape index (κ3) is 2.56. The second-order valence-corrected chi connectivity index (χ2v) is 6.64. The Morgan fingerprint density at radius 1 is 1.25 bits per heavy atom. The number of nitrogens with zero attached hydrogens (tertiary/aromatic N) is 6. The second kappa shape index (κ2) is 6.39. The first kappa shape index (κ1) is 16.3. The average Bonchev–Trinajstić information content (AvgIpc) is 3.46. The molecule has 138 valence electrons. The van der Waals surface area contributed by atoms with E-state index >= 15 is 0 Å². The van der Waals surface area contributed by atoms with Crippen molar-refractivity contribution in [3.63, 3.8) is 0 Å². The van der Waals surface area contributed by atoms with Crippen molar-refractivity contribution < 1.29 is 4.42 Å². The third-order valence-electron chi connectivity index (χ3n) is 4.71. The summed E-state index contributed by atoms with van der Waals surface area (Å²) in [6.45, 7) is 2.60. The summed E-state index contributed by atoms with van der Waals surface area (Å²) < 4.78 is 9.77. The van der Waals surface area contributed by atoms with Crippen molar-refractivity contribution >= 4 is 22.1 Å². The Bertz CT molecular complexity index is 1330. The molecule has 8 nitrogen and oxygen atoms in total. The molecule has 0 atom stereocenters. The van der Waals surface area contributed by atoms with Gasteiger partial charge in [0.05, 0.1) is 29.7 Å². The van der Waals surface area contributed by atoms with Gasteiger partial charge in [-0.2, -0.15) is 10.4 Å². The fraction of sp³-hybridized carbons (Fsp3) is 0.200. The van der Waals surface area contributed by atoms with E-state index in [0.29, 0.717) is 24.6 Å². The molecule has 5 aromatic heterocycles. The van der Waals surface area contributed by atoms with Crippen LogP contribution in [0.1, 0.15) is 18.6 Å². The fourth-order valence-corrected chi connectivity index (χ4v) is 3.45. The summed E-state index contributed by atoms with van der Waals surface area (Å²) in [5.74, 6) is 2.22. The lowest BCUT2D eigenvalue weighted by Crippen LogP contribution is -1.99. The van der Waals surface area contributed by atoms with Crippen molar-refractivity contribution in [3.05, 3.63) is 48.7 Å². The lowest BCUT2D eigenvalue weighted by molar-refractivity contribution is 0.543. The standard InChI is InChI=1S/C20H17N7O/c1-13-4-5-17(28-13)20-25-16-11-23-19-15(6-8-22-19)18(16)27(20)14-10-24-26(12-14)9-3-2-7-21/h4-6,8,10-12H,2-3,9H2,1H3,(H,22,23). The minimum Gasteiger partial charge on any atom is -0.458 e. The zero-order valence-corrected chi connectivity index (χ0v) is 15.3. The highest BCUT2D eigenvalue weighted by molar-refractivity contribution is 6.03. The third-order valence-corrected chi connectivity index (χ3v) is 4.71. The lowest BCUT2D eigenvalue weighted by Gasteiger charge is -2.05. The Hall–Kier alpha value is -3.86. The largest absolute Gasteiger partial charge is 0.458 e. The van der Waals surface area contributed by atoms with Gasteiger partial charge in [0.1, 0.15) is 16.9 Å². The Morgan fingerprint density at radius 3 is 3.00 bits per heavy atom. The van der Waals surface area contributed by atoms with E-state index in [9.17, 15) is 0 Å². The van der Waals surface area contributed by atoms with Crippen molar-refractivity contribution in [1.82, 2.24) is 29.3 Å². The van der Waals surface area contributed by atoms with Crippen LogP contribution in [0.4, 0.5) is 0 Å². The molecular formula is C20H17N7O. The summed E-state index contributed by atoms with van der Waals surface area (Å²) >= 11 is 0. The highest BCUT2D eigenvalue weighted by Crippen LogP contribution is 2.32. The van der Waals surface area contributed by atoms with E-state index in [2.05, 4.69) is 25.7 Å². The first-order chi connectivity index (χ1) is 13.7. The van der Waals surface area contributed by atoms with Gasteiger partial charge in [0.15, 0.2) is 11.6 Å². The summed E-state index contributed by atoms with van der Waals surface area (Å²) in [5, 5.41) is 14.2. The van der Waals surface area contributed by atoms with Crippen LogP contribution in [0.3, 0.4) is 0 Å². The number of unbranched alkanes of at least 4 members (excludes halogenated alkanes) is 1. The van der Waals surface area contributed by atoms with E-state index in [0.717, 1.165) is 39.9 Å². The molecular weight excluding hydrogens is 354 g/mol. The number of fused-ring (bicyclic) bond motifs is 3. The average molecular weight is 371 g/mol. The van der Waals surface area contributed by atoms with Crippen LogP contribution < -0.4 is 0 Å². The van der Waals surface area contributed by atoms with Crippen molar-refractivity contribution in [2.45, 2.75) is 26.3 Å². The molecule has 28 heavy (non-hydrogen) atoms. The summed E-state index contributed by atoms with van der Waals surface area (Å²) in [4.78, 5) is 12.4. The Kier molecular flexibility index (Phi) is 3.72. The van der Waals surface area contributed by atoms with Gasteiger partial charge >= 0.3 is 0 Å². The number of nitriles is 1. The minimum absolute atomic E-state index is 0.510. The molecule has 0 saturated carbocycles. The van der Waals surface area contributed by atoms with Gasteiger partial charge in [-0.15, -0.1) is 0 Å². The maximum atomic E-state index is 8.75. The quantitative estimate of drug-likeness (QED) is 0.471. The molecule has 5 heterocycles. The number of hydrogen-bond acceptors (Lipinski definition) is 5. The van der Waals surface area contributed by atoms with E-state index in [1.165, 1.54) is 0 Å². The molecule has 0 fully saturated rings. The Balaban J connectivity index is 1.73. The van der Waals surface area contributed by atoms with Crippen LogP contribution in [0, 0.1) is 18.3 Å². The number of pyridine rings is 1. The molecule has 0 aliphatic heterocycles. The van der Waals surface area contributed by atoms with Crippen LogP contribution in [0.2, 0.25) is 0 Å². The SMILES string of the molecule is Cc1ccc(-c2nc3cnc4[nH]ccc4c3n2-c2cnn(CCCC#N)c2)o1. The monoisotopic (exact) mass is 371 g/mol. The number of aryl methyl sites for hydroxylation is 2. The van der Waals surface area contributed by atoms with E-state index in [1.54, 1.807) is 6.20 Å². The van der Waals surface area contributed by atoms with Crippen LogP contribution in [0.15, 0.2) is 47.4 Å². The highest BCUT2D eigenvalue weighted by Gasteiger charge is 2.20. The van der Waals surface area contributed by atoms with Crippen molar-refractivity contribution in [2.75, 3.05) is 0 Å². The van der Waals surface area contributed by atoms with Gasteiger partial charge in [0.2, 0.25) is 0 Å². The second-order valence-electron chi connectivity index (χ2n) is 6.64. The molecule has 0 amide bonds. The maximum absolute atomic E-state index is 8.75. The first-order valence-electron chi connectivity index (χ1n) is 9.06. The topological polar surface area (TPSA) is 101 Å². The smallest absolute Gasteiger partial charge is 0.182 e. The van der Waals surface area contributed by atoms with Crippen molar-refractivity contribution in [1.29, 1.82) is 5.26 Å². The summed E-state index contributed by atoms with van der Waals surface area (Å²) in [6.07, 6.45) is 8.69. The maximum Gasteiger partial charge on any atom is 0.182 e. The van der Waals surface area contributed by atoms with E-state index < -0.39 is 0 Å². The first-order valence-corrected chi connectivity index (χ1v) is 9.06. The number of nitrogens with one attached hydrogen (secondary N) is 1. The number of aromatic amines is 1. The van der Waals surface area contributed by atoms with Crippen LogP contribution in [0.5, 0.6) is 0 Å². The van der Waals surface area contributed by atoms with E-state index in [1.807, 2.05) is 48.4 Å². The van der Waals surface area contributed by atoms with Crippen molar-refractivity contribution in [2.24, 2.45) is 0 Å². The highest BCUT2D eigenvalue weighted by atomic mass is 16.3. The zero-order chi connectivity index (χ0) is 19.1. The summed E-state index contributed by atoms with van der Waals surface area (Å²) in [5.41, 5.74) is 3.43. The molecule has 0 unspecified atom stereocenters. The Morgan fingerprint density at radius 2 is 2.18 bits per heavy atom. The van der Waals surface area contributed by atoms with Gasteiger partial charge in [-0.05, 0) is 31.5 Å². The number of imidazole rings is 1. The Labute approximate surface area is 160 Å². The van der Waals surface area contributed by atoms with Gasteiger partial charge in [-0.1, -0.05) is 0 Å². The van der Waals surface area contributed by atoms with Crippen LogP contribution in [-0.4, -0.2) is 29.3 Å². The molecule has 5 rings (SSSR count). The number of hydrogen-bond donors (Lipinski definition) is 1. The molecule has 0 spiro atoms. The van der Waals surface area contributed by atoms with E-state index in [-0.39, 0.29) is 0 Å². The van der Waals surface area contributed by atoms with Crippen LogP contribution >= 0.6 is 0 Å². The number of furan rings is 1. The molecule has 0 aliphatic rings. The van der Waals surface area contributed by atoms with Gasteiger partial charge < -0.3 is 9.40 Å². The predicted molar refractivity (Wildman–Crippen MR) is 104 cm³/mol. The molecule has 1 N–H and O–H groups in total. The van der Waals surface area contributed by atoms with Gasteiger partial charge in [0.25, 0.3) is 0 Å². The number of rotatable bonds is 5. The predicted octanol–water partition coefficient (Wildman–Crippen LogP) is 3.97. The van der Waals surface area contributed by atoms with Gasteiger partial charge in [-0.25, -0.2) is 9.97 Å². The fourth-order valence-electron chi connectivity index (χ4n) is 3.45. The molecule has 0 radical (unpaired) electrons.